The minimum atomic E-state index is -1.08. The first-order valence-electron chi connectivity index (χ1n) is 9.21. The van der Waals surface area contributed by atoms with Crippen molar-refractivity contribution in [1.29, 1.82) is 0 Å². The predicted octanol–water partition coefficient (Wildman–Crippen LogP) is -1.65. The van der Waals surface area contributed by atoms with Gasteiger partial charge >= 0.3 is 11.9 Å². The smallest absolute Gasteiger partial charge is 0.303 e. The summed E-state index contributed by atoms with van der Waals surface area (Å²) in [6, 6.07) is 0. The molecule has 29 heavy (non-hydrogen) atoms. The van der Waals surface area contributed by atoms with E-state index in [1.807, 2.05) is 0 Å². The van der Waals surface area contributed by atoms with Gasteiger partial charge in [0.05, 0.1) is 25.9 Å². The van der Waals surface area contributed by atoms with Crippen LogP contribution in [-0.4, -0.2) is 72.0 Å². The highest BCUT2D eigenvalue weighted by Crippen LogP contribution is 1.93. The highest BCUT2D eigenvalue weighted by atomic mass is 16.4. The van der Waals surface area contributed by atoms with Crippen LogP contribution < -0.4 is 21.3 Å². The van der Waals surface area contributed by atoms with Crippen LogP contribution in [0.15, 0.2) is 0 Å². The number of hydrogen-bond donors (Lipinski definition) is 6. The molecule has 0 spiro atoms. The normalized spacial score (nSPS) is 9.93. The lowest BCUT2D eigenvalue weighted by Crippen LogP contribution is -2.37. The Kier molecular flexibility index (Phi) is 14.1. The monoisotopic (exact) mass is 416 g/mol. The number of carboxylic acids is 2. The summed E-state index contributed by atoms with van der Waals surface area (Å²) in [5.74, 6) is -3.92. The molecule has 0 atom stereocenters. The first kappa shape index (κ1) is 25.8. The largest absolute Gasteiger partial charge is 0.481 e. The second kappa shape index (κ2) is 15.8. The van der Waals surface area contributed by atoms with Gasteiger partial charge in [-0.05, 0) is 19.3 Å². The third kappa shape index (κ3) is 18.0. The van der Waals surface area contributed by atoms with Crippen LogP contribution in [-0.2, 0) is 28.8 Å². The number of carbonyl (C=O) groups is 6. The summed E-state index contributed by atoms with van der Waals surface area (Å²) in [6.45, 7) is 0.369. The van der Waals surface area contributed by atoms with Gasteiger partial charge in [-0.2, -0.15) is 0 Å². The van der Waals surface area contributed by atoms with Crippen molar-refractivity contribution < 1.29 is 39.0 Å². The maximum atomic E-state index is 11.5. The molecule has 0 aliphatic heterocycles. The minimum absolute atomic E-state index is 0.180. The number of aliphatic carboxylic acids is 2. The maximum absolute atomic E-state index is 11.5. The highest BCUT2D eigenvalue weighted by molar-refractivity contribution is 5.86. The molecule has 0 aliphatic carbocycles. The number of nitrogens with one attached hydrogen (secondary N) is 4. The molecule has 0 aromatic rings. The zero-order chi connectivity index (χ0) is 22.1. The molecule has 0 heterocycles. The van der Waals surface area contributed by atoms with E-state index in [0.717, 1.165) is 6.42 Å². The third-order valence-electron chi connectivity index (χ3n) is 3.52. The van der Waals surface area contributed by atoms with Crippen molar-refractivity contribution >= 4 is 35.6 Å². The molecule has 0 rings (SSSR count). The van der Waals surface area contributed by atoms with Gasteiger partial charge in [0.25, 0.3) is 0 Å². The van der Waals surface area contributed by atoms with Gasteiger partial charge in [0.2, 0.25) is 23.6 Å². The first-order chi connectivity index (χ1) is 13.7. The van der Waals surface area contributed by atoms with Crippen molar-refractivity contribution in [3.8, 4) is 0 Å². The molecule has 6 N–H and O–H groups in total. The molecule has 0 bridgehead atoms. The number of rotatable bonds is 16. The average molecular weight is 416 g/mol. The van der Waals surface area contributed by atoms with Crippen molar-refractivity contribution in [2.24, 2.45) is 0 Å². The molecule has 0 radical (unpaired) electrons. The fraction of sp³-hybridized carbons (Fsp3) is 0.647. The summed E-state index contributed by atoms with van der Waals surface area (Å²) >= 11 is 0. The van der Waals surface area contributed by atoms with E-state index in [0.29, 0.717) is 25.9 Å². The van der Waals surface area contributed by atoms with Crippen molar-refractivity contribution in [3.05, 3.63) is 0 Å². The molecule has 0 saturated heterocycles. The lowest BCUT2D eigenvalue weighted by atomic mass is 10.2. The molecule has 0 aromatic heterocycles. The molecule has 4 amide bonds. The standard InChI is InChI=1S/C17H28N4O8/c22-12(4-6-16(26)27)20-10-14(24)18-8-2-1-3-9-19-15(25)11-21-13(23)5-7-17(28)29/h1-11H2,(H,18,24)(H,19,25)(H,20,22)(H,21,23)(H,26,27)(H,28,29). The molecule has 0 aromatic carbocycles. The van der Waals surface area contributed by atoms with Crippen LogP contribution in [0.25, 0.3) is 0 Å². The van der Waals surface area contributed by atoms with Crippen LogP contribution in [0, 0.1) is 0 Å². The van der Waals surface area contributed by atoms with Crippen molar-refractivity contribution in [2.45, 2.75) is 44.9 Å². The van der Waals surface area contributed by atoms with E-state index in [-0.39, 0.29) is 50.6 Å². The third-order valence-corrected chi connectivity index (χ3v) is 3.52. The van der Waals surface area contributed by atoms with Gasteiger partial charge in [0.1, 0.15) is 0 Å². The second-order valence-corrected chi connectivity index (χ2v) is 6.10. The molecule has 0 aliphatic rings. The van der Waals surface area contributed by atoms with Crippen molar-refractivity contribution in [2.75, 3.05) is 26.2 Å². The number of carboxylic acid groups (broad SMARTS) is 2. The van der Waals surface area contributed by atoms with Crippen LogP contribution in [0.5, 0.6) is 0 Å². The summed E-state index contributed by atoms with van der Waals surface area (Å²) in [5, 5.41) is 26.8. The van der Waals surface area contributed by atoms with Gasteiger partial charge in [-0.1, -0.05) is 0 Å². The van der Waals surface area contributed by atoms with Gasteiger partial charge in [-0.3, -0.25) is 28.8 Å². The van der Waals surface area contributed by atoms with Crippen LogP contribution in [0.4, 0.5) is 0 Å². The highest BCUT2D eigenvalue weighted by Gasteiger charge is 2.08. The molecular weight excluding hydrogens is 388 g/mol. The fourth-order valence-electron chi connectivity index (χ4n) is 1.98. The SMILES string of the molecule is O=C(O)CCC(=O)NCC(=O)NCCCCCNC(=O)CNC(=O)CCC(=O)O. The molecule has 0 saturated carbocycles. The summed E-state index contributed by atoms with van der Waals surface area (Å²) in [5.41, 5.74) is 0. The quantitative estimate of drug-likeness (QED) is 0.161. The summed E-state index contributed by atoms with van der Waals surface area (Å²) in [6.07, 6.45) is 1.13. The molecular formula is C17H28N4O8. The summed E-state index contributed by atoms with van der Waals surface area (Å²) in [4.78, 5) is 66.2. The average Bonchev–Trinajstić information content (AvgIpc) is 2.66. The van der Waals surface area contributed by atoms with Crippen LogP contribution in [0.2, 0.25) is 0 Å². The lowest BCUT2D eigenvalue weighted by Gasteiger charge is -2.08. The van der Waals surface area contributed by atoms with Gasteiger partial charge in [0.15, 0.2) is 0 Å². The summed E-state index contributed by atoms with van der Waals surface area (Å²) in [7, 11) is 0. The Balaban J connectivity index is 3.55. The molecule has 0 fully saturated rings. The Bertz CT molecular complexity index is 544. The summed E-state index contributed by atoms with van der Waals surface area (Å²) < 4.78 is 0. The molecule has 12 nitrogen and oxygen atoms in total. The number of amides is 4. The Morgan fingerprint density at radius 1 is 0.483 bits per heavy atom. The first-order valence-corrected chi connectivity index (χ1v) is 9.21. The molecule has 0 unspecified atom stereocenters. The fourth-order valence-corrected chi connectivity index (χ4v) is 1.98. The second-order valence-electron chi connectivity index (χ2n) is 6.10. The Morgan fingerprint density at radius 2 is 0.862 bits per heavy atom. The maximum Gasteiger partial charge on any atom is 0.303 e. The van der Waals surface area contributed by atoms with E-state index in [1.165, 1.54) is 0 Å². The van der Waals surface area contributed by atoms with Crippen LogP contribution in [0.3, 0.4) is 0 Å². The molecule has 164 valence electrons. The van der Waals surface area contributed by atoms with Gasteiger partial charge in [-0.15, -0.1) is 0 Å². The zero-order valence-electron chi connectivity index (χ0n) is 16.1. The number of carbonyl (C=O) groups excluding carboxylic acids is 4. The Labute approximate surface area is 167 Å². The zero-order valence-corrected chi connectivity index (χ0v) is 16.1. The molecule has 12 heteroatoms. The van der Waals surface area contributed by atoms with E-state index in [2.05, 4.69) is 21.3 Å². The van der Waals surface area contributed by atoms with E-state index in [4.69, 9.17) is 10.2 Å². The van der Waals surface area contributed by atoms with Crippen molar-refractivity contribution in [3.63, 3.8) is 0 Å². The van der Waals surface area contributed by atoms with Gasteiger partial charge in [0, 0.05) is 25.9 Å². The number of unbranched alkanes of at least 4 members (excludes halogenated alkanes) is 2. The lowest BCUT2D eigenvalue weighted by molar-refractivity contribution is -0.139. The predicted molar refractivity (Wildman–Crippen MR) is 99.6 cm³/mol. The minimum Gasteiger partial charge on any atom is -0.481 e. The van der Waals surface area contributed by atoms with Crippen LogP contribution >= 0.6 is 0 Å². The number of hydrogen-bond acceptors (Lipinski definition) is 6. The van der Waals surface area contributed by atoms with Crippen molar-refractivity contribution in [1.82, 2.24) is 21.3 Å². The van der Waals surface area contributed by atoms with E-state index in [1.54, 1.807) is 0 Å². The topological polar surface area (TPSA) is 191 Å². The Morgan fingerprint density at radius 3 is 1.21 bits per heavy atom. The van der Waals surface area contributed by atoms with E-state index in [9.17, 15) is 28.8 Å². The van der Waals surface area contributed by atoms with E-state index >= 15 is 0 Å². The van der Waals surface area contributed by atoms with Crippen LogP contribution in [0.1, 0.15) is 44.9 Å². The Hall–Kier alpha value is -3.18. The van der Waals surface area contributed by atoms with E-state index < -0.39 is 23.8 Å². The van der Waals surface area contributed by atoms with Gasteiger partial charge < -0.3 is 31.5 Å². The van der Waals surface area contributed by atoms with Gasteiger partial charge in [-0.25, -0.2) is 0 Å².